The van der Waals surface area contributed by atoms with Gasteiger partial charge >= 0.3 is 35.8 Å². The Bertz CT molecular complexity index is 5660. The molecule has 11 aromatic rings. The van der Waals surface area contributed by atoms with Gasteiger partial charge in [-0.25, -0.2) is 24.4 Å². The number of hydrogen-bond donors (Lipinski definition) is 6. The van der Waals surface area contributed by atoms with Crippen LogP contribution in [0.25, 0.3) is 0 Å². The van der Waals surface area contributed by atoms with E-state index in [0.29, 0.717) is 140 Å². The second kappa shape index (κ2) is 58.7. The first kappa shape index (κ1) is 109. The summed E-state index contributed by atoms with van der Waals surface area (Å²) in [6.07, 6.45) is 26.3. The number of rotatable bonds is 51. The number of aromatic nitrogens is 2. The van der Waals surface area contributed by atoms with Gasteiger partial charge in [-0.3, -0.25) is 43.2 Å². The highest BCUT2D eigenvalue weighted by molar-refractivity contribution is 6.05. The highest BCUT2D eigenvalue weighted by atomic mass is 16.5. The number of esters is 3. The quantitative estimate of drug-likeness (QED) is 0.0117. The van der Waals surface area contributed by atoms with Crippen molar-refractivity contribution in [2.45, 2.75) is 175 Å². The molecule has 1 aliphatic rings. The van der Waals surface area contributed by atoms with Crippen molar-refractivity contribution in [2.75, 3.05) is 69.6 Å². The minimum Gasteiger partial charge on any atom is -0.495 e. The van der Waals surface area contributed by atoms with E-state index in [9.17, 15) is 72.9 Å². The fraction of sp³-hybridized carbons (Fsp3) is 0.321. The second-order valence-electron chi connectivity index (χ2n) is 34.2. The molecule has 2 aromatic heterocycles. The van der Waals surface area contributed by atoms with E-state index in [1.54, 1.807) is 212 Å². The Morgan fingerprint density at radius 3 is 0.937 bits per heavy atom. The zero-order chi connectivity index (χ0) is 102. The third kappa shape index (κ3) is 37.9. The van der Waals surface area contributed by atoms with Gasteiger partial charge in [0, 0.05) is 72.1 Å². The number of carbonyl (C=O) groups excluding carboxylic acids is 9. The summed E-state index contributed by atoms with van der Waals surface area (Å²) >= 11 is 0. The lowest BCUT2D eigenvalue weighted by atomic mass is 9.87. The number of hydrogen-bond acceptors (Lipinski definition) is 22. The van der Waals surface area contributed by atoms with Crippen LogP contribution in [-0.4, -0.2) is 165 Å². The van der Waals surface area contributed by atoms with E-state index in [0.717, 1.165) is 51.4 Å². The fourth-order valence-corrected chi connectivity index (χ4v) is 15.2. The van der Waals surface area contributed by atoms with E-state index in [4.69, 9.17) is 37.9 Å². The Labute approximate surface area is 832 Å². The molecule has 1 fully saturated rings. The van der Waals surface area contributed by atoms with Gasteiger partial charge in [0.2, 0.25) is 11.8 Å². The summed E-state index contributed by atoms with van der Waals surface area (Å²) in [5, 5.41) is 36.8. The van der Waals surface area contributed by atoms with E-state index in [-0.39, 0.29) is 42.4 Å². The van der Waals surface area contributed by atoms with Crippen molar-refractivity contribution < 1.29 is 111 Å². The normalized spacial score (nSPS) is 11.4. The molecule has 12 rings (SSSR count). The lowest BCUT2D eigenvalue weighted by Crippen LogP contribution is -2.35. The number of carbonyl (C=O) groups is 12. The smallest absolute Gasteiger partial charge is 0.343 e. The summed E-state index contributed by atoms with van der Waals surface area (Å²) in [6, 6.07) is 65.0. The van der Waals surface area contributed by atoms with Crippen LogP contribution < -0.4 is 53.8 Å². The molecule has 0 saturated heterocycles. The largest absolute Gasteiger partial charge is 0.495 e. The first-order chi connectivity index (χ1) is 69.3. The van der Waals surface area contributed by atoms with Gasteiger partial charge in [-0.1, -0.05) is 153 Å². The van der Waals surface area contributed by atoms with E-state index in [1.807, 2.05) is 0 Å². The van der Waals surface area contributed by atoms with E-state index < -0.39 is 85.0 Å². The molecule has 31 nitrogen and oxygen atoms in total. The van der Waals surface area contributed by atoms with Crippen molar-refractivity contribution in [1.29, 1.82) is 0 Å². The molecule has 1 aliphatic carbocycles. The Balaban J connectivity index is 0.000000220. The van der Waals surface area contributed by atoms with Crippen LogP contribution in [0.5, 0.6) is 46.1 Å². The van der Waals surface area contributed by atoms with Crippen LogP contribution in [0.15, 0.2) is 255 Å². The van der Waals surface area contributed by atoms with Gasteiger partial charge in [-0.05, 0) is 255 Å². The van der Waals surface area contributed by atoms with Crippen molar-refractivity contribution in [2.24, 2.45) is 5.92 Å². The number of nitrogens with zero attached hydrogens (tertiary/aromatic N) is 5. The molecular weight excluding hydrogens is 1830 g/mol. The van der Waals surface area contributed by atoms with Crippen LogP contribution in [0.3, 0.4) is 0 Å². The molecule has 750 valence electrons. The number of anilines is 3. The van der Waals surface area contributed by atoms with Crippen LogP contribution >= 0.6 is 0 Å². The molecule has 6 amide bonds. The van der Waals surface area contributed by atoms with Crippen LogP contribution in [0.2, 0.25) is 0 Å². The second-order valence-corrected chi connectivity index (χ2v) is 34.2. The molecule has 0 spiro atoms. The maximum Gasteiger partial charge on any atom is 0.343 e. The zero-order valence-electron chi connectivity index (χ0n) is 81.3. The van der Waals surface area contributed by atoms with Crippen LogP contribution in [-0.2, 0) is 38.8 Å². The highest BCUT2D eigenvalue weighted by Gasteiger charge is 2.26. The van der Waals surface area contributed by atoms with Crippen LogP contribution in [0.1, 0.15) is 255 Å². The summed E-state index contributed by atoms with van der Waals surface area (Å²) < 4.78 is 43.8. The number of aliphatic carboxylic acids is 3. The molecule has 0 bridgehead atoms. The number of carboxylic acid groups (broad SMARTS) is 3. The van der Waals surface area contributed by atoms with Gasteiger partial charge in [0.1, 0.15) is 65.6 Å². The Morgan fingerprint density at radius 1 is 0.315 bits per heavy atom. The van der Waals surface area contributed by atoms with E-state index in [2.05, 4.69) is 46.7 Å². The standard InChI is InChI=1S/C38H46N2O7.2C37H39N3O8/c1-2-3-4-5-9-24-46-33-22-16-31(17-23-33)38(45)47-34-20-12-29(13-21-34)26-40(27-36(42)43)37(44)30-14-18-32(19-15-30)39-35(41)25-28-10-7-6-8-11-28;1-3-4-5-6-7-22-47-31-19-12-28(13-20-31)37(45)48-32-17-8-26(9-18-32)24-40(25-34(41)42)36(44)27-10-15-30(16-11-27)39-35(43)29-14-21-33(46-2)38-23-29;1-3-4-5-6-7-22-47-30-18-12-28(13-19-30)37(45)48-31-16-8-26(9-17-31)24-40(25-34(41)42)36(44)27-10-14-29(15-11-27)39-35(43)33-21-20-32(46-2)23-38-33/h12-23,28H,2-11,24-27H2,1H3,(H,39,41)(H,42,43);2*8-21,23H,3-7,22,24-25H2,1-2H3,(H,39,43)(H,41,42). The summed E-state index contributed by atoms with van der Waals surface area (Å²) in [5.74, 6) is -3.07. The number of carboxylic acids is 3. The average molecular weight is 1950 g/mol. The van der Waals surface area contributed by atoms with Crippen LogP contribution in [0, 0.1) is 5.92 Å². The Hall–Kier alpha value is -16.1. The van der Waals surface area contributed by atoms with Crippen molar-refractivity contribution >= 4 is 88.3 Å². The average Bonchev–Trinajstić information content (AvgIpc) is 0.848. The summed E-state index contributed by atoms with van der Waals surface area (Å²) in [6.45, 7) is 6.94. The maximum atomic E-state index is 13.3. The molecule has 0 unspecified atom stereocenters. The Kier molecular flexibility index (Phi) is 44.7. The van der Waals surface area contributed by atoms with Crippen molar-refractivity contribution in [3.63, 3.8) is 0 Å². The first-order valence-corrected chi connectivity index (χ1v) is 48.2. The molecule has 2 heterocycles. The summed E-state index contributed by atoms with van der Waals surface area (Å²) in [7, 11) is 2.98. The number of ether oxygens (including phenoxy) is 8. The molecule has 0 atom stereocenters. The van der Waals surface area contributed by atoms with Gasteiger partial charge < -0.3 is 83.9 Å². The summed E-state index contributed by atoms with van der Waals surface area (Å²) in [4.78, 5) is 162. The summed E-state index contributed by atoms with van der Waals surface area (Å²) in [5.41, 5.74) is 5.85. The van der Waals surface area contributed by atoms with E-state index in [1.165, 1.54) is 149 Å². The maximum absolute atomic E-state index is 13.3. The molecule has 6 N–H and O–H groups in total. The van der Waals surface area contributed by atoms with Crippen molar-refractivity contribution in [1.82, 2.24) is 24.7 Å². The topological polar surface area (TPSA) is 411 Å². The number of amides is 6. The number of pyridine rings is 2. The number of nitrogens with one attached hydrogen (secondary N) is 3. The van der Waals surface area contributed by atoms with Crippen LogP contribution in [0.4, 0.5) is 17.1 Å². The van der Waals surface area contributed by atoms with E-state index >= 15 is 0 Å². The van der Waals surface area contributed by atoms with Crippen molar-refractivity contribution in [3.8, 4) is 46.1 Å². The molecule has 0 aliphatic heterocycles. The first-order valence-electron chi connectivity index (χ1n) is 48.2. The zero-order valence-corrected chi connectivity index (χ0v) is 81.3. The molecular formula is C112H124N8O23. The predicted molar refractivity (Wildman–Crippen MR) is 540 cm³/mol. The number of unbranched alkanes of at least 4 members (excludes halogenated alkanes) is 12. The monoisotopic (exact) mass is 1950 g/mol. The van der Waals surface area contributed by atoms with Gasteiger partial charge in [-0.15, -0.1) is 0 Å². The molecule has 1 saturated carbocycles. The number of methoxy groups -OCH3 is 2. The third-order valence-electron chi connectivity index (χ3n) is 23.0. The lowest BCUT2D eigenvalue weighted by molar-refractivity contribution is -0.138. The molecule has 143 heavy (non-hydrogen) atoms. The molecule has 0 radical (unpaired) electrons. The molecule has 9 aromatic carbocycles. The van der Waals surface area contributed by atoms with Crippen molar-refractivity contribution in [3.05, 3.63) is 316 Å². The van der Waals surface area contributed by atoms with Gasteiger partial charge in [0.25, 0.3) is 29.5 Å². The third-order valence-corrected chi connectivity index (χ3v) is 23.0. The predicted octanol–water partition coefficient (Wildman–Crippen LogP) is 21.2. The van der Waals surface area contributed by atoms with Gasteiger partial charge in [-0.2, -0.15) is 0 Å². The molecule has 31 heteroatoms. The Morgan fingerprint density at radius 2 is 0.629 bits per heavy atom. The van der Waals surface area contributed by atoms with Gasteiger partial charge in [0.05, 0.1) is 62.5 Å². The highest BCUT2D eigenvalue weighted by Crippen LogP contribution is 2.30. The number of benzene rings is 9. The lowest BCUT2D eigenvalue weighted by Gasteiger charge is -2.22. The fourth-order valence-electron chi connectivity index (χ4n) is 15.2. The minimum absolute atomic E-state index is 0.00104. The minimum atomic E-state index is -1.17. The SMILES string of the molecule is CCCCCCCOc1ccc(C(=O)Oc2ccc(CN(CC(=O)O)C(=O)c3ccc(NC(=O)CC4CCCCC4)cc3)cc2)cc1.CCCCCCCOc1ccc(C(=O)Oc2ccc(CN(CC(=O)O)C(=O)c3ccc(NC(=O)c4ccc(OC)cn4)cc3)cc2)cc1.CCCCCCCOc1ccc(C(=O)Oc2ccc(CN(CC(=O)O)C(=O)c3ccc(NC(=O)c4ccc(OC)nc4)cc3)cc2)cc1. The van der Waals surface area contributed by atoms with Gasteiger partial charge in [0.15, 0.2) is 0 Å².